The lowest BCUT2D eigenvalue weighted by molar-refractivity contribution is -0.139. The van der Waals surface area contributed by atoms with Crippen molar-refractivity contribution in [3.05, 3.63) is 53.8 Å². The maximum Gasteiger partial charge on any atom is 0.419 e. The lowest BCUT2D eigenvalue weighted by atomic mass is 10.0. The van der Waals surface area contributed by atoms with Crippen molar-refractivity contribution in [1.29, 1.82) is 0 Å². The van der Waals surface area contributed by atoms with Gasteiger partial charge in [0.05, 0.1) is 11.8 Å². The summed E-state index contributed by atoms with van der Waals surface area (Å²) < 4.78 is 75.4. The van der Waals surface area contributed by atoms with Gasteiger partial charge in [0.25, 0.3) is 0 Å². The van der Waals surface area contributed by atoms with Crippen molar-refractivity contribution in [1.82, 2.24) is 0 Å². The van der Waals surface area contributed by atoms with Gasteiger partial charge in [-0.2, -0.15) is 13.2 Å². The highest BCUT2D eigenvalue weighted by Gasteiger charge is 2.33. The van der Waals surface area contributed by atoms with Gasteiger partial charge in [-0.15, -0.1) is 0 Å². The first-order valence-electron chi connectivity index (χ1n) is 6.01. The Morgan fingerprint density at radius 1 is 0.955 bits per heavy atom. The van der Waals surface area contributed by atoms with Gasteiger partial charge in [0, 0.05) is 5.69 Å². The SMILES string of the molecule is CS(=O)(=O)Nc1ccc(-c2ccc(C(F)(F)F)c(F)c2)cc1. The van der Waals surface area contributed by atoms with E-state index in [9.17, 15) is 26.0 Å². The van der Waals surface area contributed by atoms with Crippen LogP contribution in [0.5, 0.6) is 0 Å². The molecule has 0 aliphatic rings. The molecule has 0 bridgehead atoms. The Kier molecular flexibility index (Phi) is 4.15. The molecule has 1 N–H and O–H groups in total. The van der Waals surface area contributed by atoms with Crippen molar-refractivity contribution in [2.75, 3.05) is 11.0 Å². The third kappa shape index (κ3) is 3.97. The van der Waals surface area contributed by atoms with Crippen molar-refractivity contribution in [2.24, 2.45) is 0 Å². The number of hydrogen-bond donors (Lipinski definition) is 1. The largest absolute Gasteiger partial charge is 0.419 e. The Bertz CT molecular complexity index is 783. The summed E-state index contributed by atoms with van der Waals surface area (Å²) in [6, 6.07) is 8.46. The lowest BCUT2D eigenvalue weighted by Crippen LogP contribution is -2.09. The van der Waals surface area contributed by atoms with E-state index in [-0.39, 0.29) is 5.56 Å². The molecule has 0 unspecified atom stereocenters. The Hall–Kier alpha value is -2.09. The van der Waals surface area contributed by atoms with Crippen molar-refractivity contribution >= 4 is 15.7 Å². The topological polar surface area (TPSA) is 46.2 Å². The number of hydrogen-bond acceptors (Lipinski definition) is 2. The summed E-state index contributed by atoms with van der Waals surface area (Å²) >= 11 is 0. The Balaban J connectivity index is 2.31. The standard InChI is InChI=1S/C14H11F4NO2S/c1-22(20,21)19-11-5-2-9(3-6-11)10-4-7-12(13(15)8-10)14(16,17)18/h2-8,19H,1H3. The van der Waals surface area contributed by atoms with Crippen LogP contribution in [0.25, 0.3) is 11.1 Å². The number of nitrogens with one attached hydrogen (secondary N) is 1. The molecule has 0 spiro atoms. The predicted molar refractivity (Wildman–Crippen MR) is 75.3 cm³/mol. The van der Waals surface area contributed by atoms with Gasteiger partial charge in [0.1, 0.15) is 5.82 Å². The second-order valence-corrected chi connectivity index (χ2v) is 6.39. The Morgan fingerprint density at radius 3 is 1.95 bits per heavy atom. The van der Waals surface area contributed by atoms with E-state index < -0.39 is 27.6 Å². The van der Waals surface area contributed by atoms with Crippen LogP contribution in [0.15, 0.2) is 42.5 Å². The zero-order chi connectivity index (χ0) is 16.5. The van der Waals surface area contributed by atoms with Crippen molar-refractivity contribution < 1.29 is 26.0 Å². The molecule has 2 aromatic rings. The molecule has 0 aliphatic carbocycles. The Labute approximate surface area is 124 Å². The van der Waals surface area contributed by atoms with Crippen LogP contribution in [0.1, 0.15) is 5.56 Å². The second kappa shape index (κ2) is 5.60. The van der Waals surface area contributed by atoms with Crippen LogP contribution >= 0.6 is 0 Å². The third-order valence-corrected chi connectivity index (χ3v) is 3.40. The molecular weight excluding hydrogens is 322 g/mol. The molecule has 2 rings (SSSR count). The van der Waals surface area contributed by atoms with Crippen molar-refractivity contribution in [2.45, 2.75) is 6.18 Å². The highest BCUT2D eigenvalue weighted by Crippen LogP contribution is 2.33. The van der Waals surface area contributed by atoms with E-state index in [0.717, 1.165) is 18.4 Å². The van der Waals surface area contributed by atoms with E-state index in [2.05, 4.69) is 4.72 Å². The van der Waals surface area contributed by atoms with Gasteiger partial charge >= 0.3 is 6.18 Å². The van der Waals surface area contributed by atoms with Crippen LogP contribution < -0.4 is 4.72 Å². The molecule has 0 aromatic heterocycles. The second-order valence-electron chi connectivity index (χ2n) is 4.64. The molecule has 0 radical (unpaired) electrons. The molecule has 0 saturated carbocycles. The fraction of sp³-hybridized carbons (Fsp3) is 0.143. The molecule has 0 amide bonds. The zero-order valence-corrected chi connectivity index (χ0v) is 12.1. The highest BCUT2D eigenvalue weighted by molar-refractivity contribution is 7.92. The molecule has 0 heterocycles. The summed E-state index contributed by atoms with van der Waals surface area (Å²) in [4.78, 5) is 0. The maximum absolute atomic E-state index is 13.5. The average Bonchev–Trinajstić information content (AvgIpc) is 2.36. The minimum absolute atomic E-state index is 0.261. The van der Waals surface area contributed by atoms with E-state index in [4.69, 9.17) is 0 Å². The quantitative estimate of drug-likeness (QED) is 0.867. The summed E-state index contributed by atoms with van der Waals surface area (Å²) in [7, 11) is -3.42. The predicted octanol–water partition coefficient (Wildman–Crippen LogP) is 3.88. The van der Waals surface area contributed by atoms with E-state index in [0.29, 0.717) is 17.3 Å². The van der Waals surface area contributed by atoms with Gasteiger partial charge in [0.15, 0.2) is 0 Å². The van der Waals surface area contributed by atoms with Crippen LogP contribution in [-0.4, -0.2) is 14.7 Å². The number of rotatable bonds is 3. The third-order valence-electron chi connectivity index (χ3n) is 2.80. The van der Waals surface area contributed by atoms with Crippen LogP contribution in [0.4, 0.5) is 23.2 Å². The van der Waals surface area contributed by atoms with E-state index in [1.54, 1.807) is 0 Å². The molecule has 0 fully saturated rings. The summed E-state index contributed by atoms with van der Waals surface area (Å²) in [6.45, 7) is 0. The molecule has 2 aromatic carbocycles. The highest BCUT2D eigenvalue weighted by atomic mass is 32.2. The molecule has 22 heavy (non-hydrogen) atoms. The zero-order valence-electron chi connectivity index (χ0n) is 11.3. The molecule has 8 heteroatoms. The first-order valence-corrected chi connectivity index (χ1v) is 7.90. The smallest absolute Gasteiger partial charge is 0.284 e. The van der Waals surface area contributed by atoms with E-state index in [1.807, 2.05) is 0 Å². The van der Waals surface area contributed by atoms with Gasteiger partial charge in [-0.05, 0) is 35.4 Å². The van der Waals surface area contributed by atoms with Crippen molar-refractivity contribution in [3.8, 4) is 11.1 Å². The molecule has 3 nitrogen and oxygen atoms in total. The number of benzene rings is 2. The van der Waals surface area contributed by atoms with Crippen LogP contribution in [0.3, 0.4) is 0 Å². The molecule has 0 aliphatic heterocycles. The summed E-state index contributed by atoms with van der Waals surface area (Å²) in [5.74, 6) is -1.36. The molecular formula is C14H11F4NO2S. The summed E-state index contributed by atoms with van der Waals surface area (Å²) in [6.07, 6.45) is -3.75. The van der Waals surface area contributed by atoms with Gasteiger partial charge < -0.3 is 0 Å². The number of anilines is 1. The maximum atomic E-state index is 13.5. The molecule has 0 atom stereocenters. The first-order chi connectivity index (χ1) is 10.1. The summed E-state index contributed by atoms with van der Waals surface area (Å²) in [5, 5.41) is 0. The number of halogens is 4. The summed E-state index contributed by atoms with van der Waals surface area (Å²) in [5.41, 5.74) is -0.298. The van der Waals surface area contributed by atoms with Gasteiger partial charge in [-0.25, -0.2) is 12.8 Å². The molecule has 118 valence electrons. The average molecular weight is 333 g/mol. The Morgan fingerprint density at radius 2 is 1.50 bits per heavy atom. The number of alkyl halides is 3. The van der Waals surface area contributed by atoms with Gasteiger partial charge in [-0.1, -0.05) is 18.2 Å². The van der Waals surface area contributed by atoms with Crippen molar-refractivity contribution in [3.63, 3.8) is 0 Å². The molecule has 0 saturated heterocycles. The monoisotopic (exact) mass is 333 g/mol. The normalized spacial score (nSPS) is 12.2. The van der Waals surface area contributed by atoms with E-state index in [1.165, 1.54) is 24.3 Å². The van der Waals surface area contributed by atoms with Crippen LogP contribution in [-0.2, 0) is 16.2 Å². The first kappa shape index (κ1) is 16.3. The minimum Gasteiger partial charge on any atom is -0.284 e. The lowest BCUT2D eigenvalue weighted by Gasteiger charge is -2.10. The van der Waals surface area contributed by atoms with E-state index >= 15 is 0 Å². The fourth-order valence-electron chi connectivity index (χ4n) is 1.87. The van der Waals surface area contributed by atoms with Crippen LogP contribution in [0, 0.1) is 5.82 Å². The number of sulfonamides is 1. The van der Waals surface area contributed by atoms with Gasteiger partial charge in [-0.3, -0.25) is 4.72 Å². The van der Waals surface area contributed by atoms with Crippen LogP contribution in [0.2, 0.25) is 0 Å². The fourth-order valence-corrected chi connectivity index (χ4v) is 2.43. The van der Waals surface area contributed by atoms with Gasteiger partial charge in [0.2, 0.25) is 10.0 Å². The minimum atomic E-state index is -4.74.